The van der Waals surface area contributed by atoms with Gasteiger partial charge in [0, 0.05) is 24.1 Å². The van der Waals surface area contributed by atoms with E-state index in [0.29, 0.717) is 23.7 Å². The third kappa shape index (κ3) is 3.13. The Morgan fingerprint density at radius 2 is 2.30 bits per heavy atom. The average molecular weight is 342 g/mol. The van der Waals surface area contributed by atoms with Crippen molar-refractivity contribution in [2.24, 2.45) is 0 Å². The average Bonchev–Trinajstić information content (AvgIpc) is 3.18. The SMILES string of the molecule is O=c1nc(-n2cncn2)c(CCCl)cn1C1CC(O)C(CO)O1. The van der Waals surface area contributed by atoms with Crippen molar-refractivity contribution in [3.05, 3.63) is 34.9 Å². The van der Waals surface area contributed by atoms with E-state index < -0.39 is 24.1 Å². The van der Waals surface area contributed by atoms with Crippen molar-refractivity contribution in [3.63, 3.8) is 0 Å². The first-order valence-corrected chi connectivity index (χ1v) is 7.65. The number of nitrogens with zero attached hydrogens (tertiary/aromatic N) is 5. The van der Waals surface area contributed by atoms with Crippen molar-refractivity contribution in [3.8, 4) is 5.82 Å². The minimum atomic E-state index is -0.830. The topological polar surface area (TPSA) is 115 Å². The molecule has 3 unspecified atom stereocenters. The van der Waals surface area contributed by atoms with Crippen LogP contribution in [-0.2, 0) is 11.2 Å². The van der Waals surface area contributed by atoms with Crippen molar-refractivity contribution < 1.29 is 14.9 Å². The predicted molar refractivity (Wildman–Crippen MR) is 79.5 cm³/mol. The molecular formula is C13H16ClN5O4. The number of aryl methyl sites for hydroxylation is 1. The smallest absolute Gasteiger partial charge is 0.351 e. The third-order valence-electron chi connectivity index (χ3n) is 3.70. The van der Waals surface area contributed by atoms with Gasteiger partial charge in [-0.1, -0.05) is 0 Å². The quantitative estimate of drug-likeness (QED) is 0.687. The summed E-state index contributed by atoms with van der Waals surface area (Å²) in [6.07, 6.45) is 2.86. The molecule has 3 heterocycles. The van der Waals surface area contributed by atoms with Gasteiger partial charge in [-0.2, -0.15) is 10.1 Å². The van der Waals surface area contributed by atoms with Gasteiger partial charge in [0.15, 0.2) is 5.82 Å². The zero-order chi connectivity index (χ0) is 16.4. The fourth-order valence-corrected chi connectivity index (χ4v) is 2.76. The number of rotatable bonds is 5. The standard InChI is InChI=1S/C13H16ClN5O4/c14-2-1-8-4-18(11-3-9(21)10(5-20)23-11)13(22)17-12(8)19-7-15-6-16-19/h4,6-7,9-11,20-21H,1-3,5H2. The normalized spacial score (nSPS) is 24.2. The Labute approximate surface area is 136 Å². The van der Waals surface area contributed by atoms with Crippen LogP contribution in [0.4, 0.5) is 0 Å². The van der Waals surface area contributed by atoms with Gasteiger partial charge in [0.05, 0.1) is 12.7 Å². The summed E-state index contributed by atoms with van der Waals surface area (Å²) in [5, 5.41) is 23.0. The van der Waals surface area contributed by atoms with E-state index in [9.17, 15) is 9.90 Å². The lowest BCUT2D eigenvalue weighted by molar-refractivity contribution is -0.0459. The zero-order valence-electron chi connectivity index (χ0n) is 12.1. The Morgan fingerprint density at radius 3 is 2.91 bits per heavy atom. The van der Waals surface area contributed by atoms with E-state index in [-0.39, 0.29) is 13.0 Å². The molecule has 10 heteroatoms. The summed E-state index contributed by atoms with van der Waals surface area (Å²) in [6, 6.07) is 0. The summed E-state index contributed by atoms with van der Waals surface area (Å²) in [7, 11) is 0. The lowest BCUT2D eigenvalue weighted by Gasteiger charge is -2.16. The Hall–Kier alpha value is -1.81. The summed E-state index contributed by atoms with van der Waals surface area (Å²) in [4.78, 5) is 20.2. The van der Waals surface area contributed by atoms with Gasteiger partial charge in [-0.3, -0.25) is 4.57 Å². The predicted octanol–water partition coefficient (Wildman–Crippen LogP) is -0.754. The molecule has 0 spiro atoms. The minimum absolute atomic E-state index is 0.204. The number of alkyl halides is 1. The highest BCUT2D eigenvalue weighted by Crippen LogP contribution is 2.27. The summed E-state index contributed by atoms with van der Waals surface area (Å²) in [6.45, 7) is -0.314. The molecule has 1 aliphatic heterocycles. The molecule has 2 aromatic heterocycles. The molecule has 0 amide bonds. The molecule has 0 aliphatic carbocycles. The van der Waals surface area contributed by atoms with Crippen LogP contribution in [0, 0.1) is 0 Å². The van der Waals surface area contributed by atoms with Crippen LogP contribution in [-0.4, -0.2) is 59.2 Å². The molecule has 1 aliphatic rings. The van der Waals surface area contributed by atoms with Gasteiger partial charge < -0.3 is 14.9 Å². The molecule has 1 fully saturated rings. The molecule has 0 bridgehead atoms. The second-order valence-electron chi connectivity index (χ2n) is 5.17. The van der Waals surface area contributed by atoms with Crippen LogP contribution in [0.1, 0.15) is 18.2 Å². The minimum Gasteiger partial charge on any atom is -0.394 e. The van der Waals surface area contributed by atoms with Crippen LogP contribution in [0.25, 0.3) is 5.82 Å². The Kier molecular flexibility index (Phi) is 4.71. The summed E-state index contributed by atoms with van der Waals surface area (Å²) in [5.41, 5.74) is 0.167. The van der Waals surface area contributed by atoms with Gasteiger partial charge >= 0.3 is 5.69 Å². The number of aliphatic hydroxyl groups is 2. The fraction of sp³-hybridized carbons (Fsp3) is 0.538. The number of hydrogen-bond acceptors (Lipinski definition) is 7. The lowest BCUT2D eigenvalue weighted by atomic mass is 10.2. The first-order valence-electron chi connectivity index (χ1n) is 7.11. The zero-order valence-corrected chi connectivity index (χ0v) is 12.9. The van der Waals surface area contributed by atoms with Crippen molar-refractivity contribution in [2.45, 2.75) is 31.3 Å². The molecule has 2 N–H and O–H groups in total. The molecule has 0 aromatic carbocycles. The first kappa shape index (κ1) is 16.1. The van der Waals surface area contributed by atoms with Gasteiger partial charge in [-0.05, 0) is 6.42 Å². The van der Waals surface area contributed by atoms with E-state index in [2.05, 4.69) is 15.1 Å². The first-order chi connectivity index (χ1) is 11.1. The Balaban J connectivity index is 1.99. The molecule has 2 aromatic rings. The molecule has 9 nitrogen and oxygen atoms in total. The van der Waals surface area contributed by atoms with Crippen LogP contribution in [0.2, 0.25) is 0 Å². The van der Waals surface area contributed by atoms with Crippen molar-refractivity contribution in [1.29, 1.82) is 0 Å². The highest BCUT2D eigenvalue weighted by Gasteiger charge is 2.35. The second-order valence-corrected chi connectivity index (χ2v) is 5.55. The maximum absolute atomic E-state index is 12.3. The number of aromatic nitrogens is 5. The largest absolute Gasteiger partial charge is 0.394 e. The summed E-state index contributed by atoms with van der Waals surface area (Å²) in [5.74, 6) is 0.705. The third-order valence-corrected chi connectivity index (χ3v) is 3.89. The molecule has 3 atom stereocenters. The summed E-state index contributed by atoms with van der Waals surface area (Å²) >= 11 is 5.83. The number of aliphatic hydroxyl groups excluding tert-OH is 2. The van der Waals surface area contributed by atoms with E-state index >= 15 is 0 Å². The highest BCUT2D eigenvalue weighted by atomic mass is 35.5. The number of halogens is 1. The molecule has 124 valence electrons. The van der Waals surface area contributed by atoms with Crippen LogP contribution in [0.15, 0.2) is 23.6 Å². The Bertz CT molecular complexity index is 720. The molecule has 23 heavy (non-hydrogen) atoms. The van der Waals surface area contributed by atoms with E-state index in [1.54, 1.807) is 6.20 Å². The monoisotopic (exact) mass is 341 g/mol. The van der Waals surface area contributed by atoms with Crippen molar-refractivity contribution >= 4 is 11.6 Å². The van der Waals surface area contributed by atoms with Crippen LogP contribution < -0.4 is 5.69 Å². The van der Waals surface area contributed by atoms with Crippen molar-refractivity contribution in [1.82, 2.24) is 24.3 Å². The highest BCUT2D eigenvalue weighted by molar-refractivity contribution is 6.18. The fourth-order valence-electron chi connectivity index (χ4n) is 2.55. The van der Waals surface area contributed by atoms with E-state index in [0.717, 1.165) is 0 Å². The maximum atomic E-state index is 12.3. The van der Waals surface area contributed by atoms with Crippen LogP contribution in [0.3, 0.4) is 0 Å². The van der Waals surface area contributed by atoms with Gasteiger partial charge in [0.25, 0.3) is 0 Å². The number of hydrogen-bond donors (Lipinski definition) is 2. The molecule has 0 saturated carbocycles. The van der Waals surface area contributed by atoms with Gasteiger partial charge in [0.2, 0.25) is 0 Å². The lowest BCUT2D eigenvalue weighted by Crippen LogP contribution is -2.30. The molecule has 0 radical (unpaired) electrons. The van der Waals surface area contributed by atoms with Crippen molar-refractivity contribution in [2.75, 3.05) is 12.5 Å². The summed E-state index contributed by atoms with van der Waals surface area (Å²) < 4.78 is 8.21. The second kappa shape index (κ2) is 6.75. The molecule has 1 saturated heterocycles. The van der Waals surface area contributed by atoms with E-state index in [4.69, 9.17) is 21.4 Å². The van der Waals surface area contributed by atoms with Gasteiger partial charge in [0.1, 0.15) is 25.0 Å². The molecule has 3 rings (SSSR count). The van der Waals surface area contributed by atoms with E-state index in [1.807, 2.05) is 0 Å². The van der Waals surface area contributed by atoms with Gasteiger partial charge in [-0.15, -0.1) is 11.6 Å². The van der Waals surface area contributed by atoms with Crippen LogP contribution in [0.5, 0.6) is 0 Å². The Morgan fingerprint density at radius 1 is 1.48 bits per heavy atom. The van der Waals surface area contributed by atoms with Gasteiger partial charge in [-0.25, -0.2) is 14.5 Å². The van der Waals surface area contributed by atoms with E-state index in [1.165, 1.54) is 21.9 Å². The number of ether oxygens (including phenoxy) is 1. The maximum Gasteiger partial charge on any atom is 0.351 e. The molecular weight excluding hydrogens is 326 g/mol. The van der Waals surface area contributed by atoms with Crippen LogP contribution >= 0.6 is 11.6 Å².